The van der Waals surface area contributed by atoms with Crippen molar-refractivity contribution in [2.45, 2.75) is 32.9 Å². The van der Waals surface area contributed by atoms with E-state index >= 15 is 0 Å². The first-order valence-electron chi connectivity index (χ1n) is 11.0. The number of hydrogen-bond acceptors (Lipinski definition) is 6. The number of morpholine rings is 1. The molecule has 6 nitrogen and oxygen atoms in total. The second-order valence-electron chi connectivity index (χ2n) is 8.12. The molecule has 168 valence electrons. The monoisotopic (exact) mass is 451 g/mol. The molecule has 0 saturated carbocycles. The van der Waals surface area contributed by atoms with E-state index in [1.807, 2.05) is 43.5 Å². The highest BCUT2D eigenvalue weighted by molar-refractivity contribution is 7.13. The number of para-hydroxylation sites is 2. The van der Waals surface area contributed by atoms with E-state index < -0.39 is 0 Å². The normalized spacial score (nSPS) is 14.5. The Balaban J connectivity index is 1.35. The van der Waals surface area contributed by atoms with Crippen molar-refractivity contribution in [1.82, 2.24) is 9.88 Å². The summed E-state index contributed by atoms with van der Waals surface area (Å²) in [4.78, 5) is 19.7. The van der Waals surface area contributed by atoms with Crippen LogP contribution in [0, 0.1) is 0 Å². The topological polar surface area (TPSA) is 63.7 Å². The van der Waals surface area contributed by atoms with Crippen LogP contribution in [0.25, 0.3) is 10.6 Å². The largest absolute Gasteiger partial charge is 0.489 e. The van der Waals surface area contributed by atoms with E-state index in [1.165, 1.54) is 5.56 Å². The number of carbonyl (C=O) groups excluding carboxylic acids is 1. The van der Waals surface area contributed by atoms with Gasteiger partial charge in [-0.1, -0.05) is 36.4 Å². The number of hydrogen-bond donors (Lipinski definition) is 1. The van der Waals surface area contributed by atoms with E-state index in [-0.39, 0.29) is 18.4 Å². The number of aromatic nitrogens is 1. The molecular weight excluding hydrogens is 422 g/mol. The quantitative estimate of drug-likeness (QED) is 0.542. The highest BCUT2D eigenvalue weighted by Crippen LogP contribution is 2.27. The van der Waals surface area contributed by atoms with Crippen LogP contribution in [0.15, 0.2) is 53.9 Å². The zero-order chi connectivity index (χ0) is 22.3. The zero-order valence-electron chi connectivity index (χ0n) is 18.5. The van der Waals surface area contributed by atoms with Gasteiger partial charge in [0.25, 0.3) is 0 Å². The number of nitrogens with zero attached hydrogens (tertiary/aromatic N) is 2. The zero-order valence-corrected chi connectivity index (χ0v) is 19.4. The van der Waals surface area contributed by atoms with Crippen LogP contribution < -0.4 is 10.1 Å². The van der Waals surface area contributed by atoms with Gasteiger partial charge in [-0.2, -0.15) is 0 Å². The molecule has 0 radical (unpaired) electrons. The number of nitrogens with one attached hydrogen (secondary N) is 1. The Labute approximate surface area is 193 Å². The van der Waals surface area contributed by atoms with Crippen molar-refractivity contribution in [2.24, 2.45) is 0 Å². The molecular formula is C25H29N3O3S. The van der Waals surface area contributed by atoms with Gasteiger partial charge in [-0.05, 0) is 31.5 Å². The summed E-state index contributed by atoms with van der Waals surface area (Å²) in [5, 5.41) is 5.82. The second-order valence-corrected chi connectivity index (χ2v) is 8.98. The first-order chi connectivity index (χ1) is 15.6. The van der Waals surface area contributed by atoms with Gasteiger partial charge >= 0.3 is 0 Å². The van der Waals surface area contributed by atoms with E-state index in [2.05, 4.69) is 39.5 Å². The Hall–Kier alpha value is -2.74. The summed E-state index contributed by atoms with van der Waals surface area (Å²) in [6.07, 6.45) is 0.260. The van der Waals surface area contributed by atoms with Crippen LogP contribution in [0.4, 0.5) is 5.69 Å². The van der Waals surface area contributed by atoms with Crippen molar-refractivity contribution in [3.63, 3.8) is 0 Å². The summed E-state index contributed by atoms with van der Waals surface area (Å²) >= 11 is 1.56. The Bertz CT molecular complexity index is 1030. The van der Waals surface area contributed by atoms with Crippen LogP contribution in [0.2, 0.25) is 0 Å². The van der Waals surface area contributed by atoms with E-state index in [0.29, 0.717) is 11.4 Å². The molecule has 1 aliphatic rings. The Morgan fingerprint density at radius 2 is 1.91 bits per heavy atom. The van der Waals surface area contributed by atoms with Gasteiger partial charge in [-0.3, -0.25) is 9.69 Å². The van der Waals surface area contributed by atoms with Gasteiger partial charge in [0.05, 0.1) is 37.1 Å². The minimum Gasteiger partial charge on any atom is -0.489 e. The average Bonchev–Trinajstić information content (AvgIpc) is 3.24. The Morgan fingerprint density at radius 3 is 2.66 bits per heavy atom. The van der Waals surface area contributed by atoms with Crippen LogP contribution in [-0.4, -0.2) is 48.2 Å². The number of ether oxygens (including phenoxy) is 2. The van der Waals surface area contributed by atoms with Crippen LogP contribution in [0.5, 0.6) is 5.75 Å². The first-order valence-corrected chi connectivity index (χ1v) is 11.8. The third kappa shape index (κ3) is 6.16. The fourth-order valence-corrected chi connectivity index (χ4v) is 4.40. The molecule has 0 atom stereocenters. The maximum absolute atomic E-state index is 12.6. The number of rotatable bonds is 8. The molecule has 0 spiro atoms. The van der Waals surface area contributed by atoms with E-state index in [0.717, 1.165) is 49.1 Å². The van der Waals surface area contributed by atoms with Crippen molar-refractivity contribution in [3.05, 3.63) is 65.2 Å². The summed E-state index contributed by atoms with van der Waals surface area (Å²) < 4.78 is 11.2. The van der Waals surface area contributed by atoms with Crippen molar-refractivity contribution in [3.8, 4) is 16.3 Å². The van der Waals surface area contributed by atoms with Gasteiger partial charge in [0.1, 0.15) is 10.8 Å². The van der Waals surface area contributed by atoms with Crippen molar-refractivity contribution in [1.29, 1.82) is 0 Å². The van der Waals surface area contributed by atoms with E-state index in [1.54, 1.807) is 11.3 Å². The van der Waals surface area contributed by atoms with Crippen LogP contribution >= 0.6 is 11.3 Å². The molecule has 32 heavy (non-hydrogen) atoms. The molecule has 1 fully saturated rings. The molecule has 3 aromatic rings. The lowest BCUT2D eigenvalue weighted by molar-refractivity contribution is -0.115. The maximum Gasteiger partial charge on any atom is 0.230 e. The van der Waals surface area contributed by atoms with E-state index in [9.17, 15) is 4.79 Å². The average molecular weight is 452 g/mol. The molecule has 1 saturated heterocycles. The second kappa shape index (κ2) is 10.7. The van der Waals surface area contributed by atoms with Gasteiger partial charge in [-0.15, -0.1) is 11.3 Å². The standard InChI is InChI=1S/C25H29N3O3S/c1-18(2)31-23-6-4-3-5-22(23)27-24(29)15-21-17-32-25(26-21)20-9-7-19(8-10-20)16-28-11-13-30-14-12-28/h3-10,17-18H,11-16H2,1-2H3,(H,27,29). The van der Waals surface area contributed by atoms with Gasteiger partial charge in [-0.25, -0.2) is 4.98 Å². The summed E-state index contributed by atoms with van der Waals surface area (Å²) in [5.74, 6) is 0.564. The van der Waals surface area contributed by atoms with Gasteiger partial charge < -0.3 is 14.8 Å². The molecule has 4 rings (SSSR count). The third-order valence-corrected chi connectivity index (χ3v) is 6.07. The molecule has 0 aliphatic carbocycles. The highest BCUT2D eigenvalue weighted by atomic mass is 32.1. The molecule has 1 aliphatic heterocycles. The van der Waals surface area contributed by atoms with Crippen LogP contribution in [0.3, 0.4) is 0 Å². The Kier molecular flexibility index (Phi) is 7.52. The minimum atomic E-state index is -0.109. The Morgan fingerprint density at radius 1 is 1.16 bits per heavy atom. The maximum atomic E-state index is 12.6. The number of anilines is 1. The van der Waals surface area contributed by atoms with Gasteiger partial charge in [0.15, 0.2) is 0 Å². The van der Waals surface area contributed by atoms with Crippen molar-refractivity contribution >= 4 is 22.9 Å². The molecule has 0 bridgehead atoms. The number of carbonyl (C=O) groups is 1. The molecule has 0 unspecified atom stereocenters. The smallest absolute Gasteiger partial charge is 0.230 e. The van der Waals surface area contributed by atoms with E-state index in [4.69, 9.17) is 9.47 Å². The predicted molar refractivity (Wildman–Crippen MR) is 128 cm³/mol. The fourth-order valence-electron chi connectivity index (χ4n) is 3.58. The van der Waals surface area contributed by atoms with Crippen LogP contribution in [0.1, 0.15) is 25.1 Å². The first kappa shape index (κ1) is 22.5. The highest BCUT2D eigenvalue weighted by Gasteiger charge is 2.13. The molecule has 1 N–H and O–H groups in total. The number of amides is 1. The molecule has 2 heterocycles. The minimum absolute atomic E-state index is 0.0365. The molecule has 1 aromatic heterocycles. The van der Waals surface area contributed by atoms with Crippen LogP contribution in [-0.2, 0) is 22.5 Å². The molecule has 1 amide bonds. The van der Waals surface area contributed by atoms with Crippen molar-refractivity contribution < 1.29 is 14.3 Å². The summed E-state index contributed by atoms with van der Waals surface area (Å²) in [5.41, 5.74) is 3.80. The fraction of sp³-hybridized carbons (Fsp3) is 0.360. The van der Waals surface area contributed by atoms with Crippen molar-refractivity contribution in [2.75, 3.05) is 31.6 Å². The summed E-state index contributed by atoms with van der Waals surface area (Å²) in [6, 6.07) is 16.0. The SMILES string of the molecule is CC(C)Oc1ccccc1NC(=O)Cc1csc(-c2ccc(CN3CCOCC3)cc2)n1. The molecule has 7 heteroatoms. The number of benzene rings is 2. The van der Waals surface area contributed by atoms with Gasteiger partial charge in [0.2, 0.25) is 5.91 Å². The van der Waals surface area contributed by atoms with Gasteiger partial charge in [0, 0.05) is 30.6 Å². The summed E-state index contributed by atoms with van der Waals surface area (Å²) in [6.45, 7) is 8.44. The third-order valence-electron chi connectivity index (χ3n) is 5.13. The summed E-state index contributed by atoms with van der Waals surface area (Å²) in [7, 11) is 0. The predicted octanol–water partition coefficient (Wildman–Crippen LogP) is 4.61. The lowest BCUT2D eigenvalue weighted by Crippen LogP contribution is -2.35. The number of thiazole rings is 1. The lowest BCUT2D eigenvalue weighted by Gasteiger charge is -2.26. The lowest BCUT2D eigenvalue weighted by atomic mass is 10.1. The molecule has 2 aromatic carbocycles.